The van der Waals surface area contributed by atoms with E-state index < -0.39 is 48.6 Å². The fourth-order valence-electron chi connectivity index (χ4n) is 2.65. The average Bonchev–Trinajstić information content (AvgIpc) is 2.60. The molecule has 1 unspecified atom stereocenters. The lowest BCUT2D eigenvalue weighted by atomic mass is 9.95. The third-order valence-corrected chi connectivity index (χ3v) is 4.63. The SMILES string of the molecule is C[C@@H](CCc1nc(N[C@H](C)C(F)(F)F)nc(C2=C(F)C(O)CCC2)n1)C(F)(F)F. The molecule has 12 heteroatoms. The lowest BCUT2D eigenvalue weighted by Crippen LogP contribution is -2.34. The number of aromatic nitrogens is 3. The van der Waals surface area contributed by atoms with E-state index in [1.54, 1.807) is 0 Å². The molecule has 1 aromatic heterocycles. The van der Waals surface area contributed by atoms with E-state index in [1.165, 1.54) is 0 Å². The summed E-state index contributed by atoms with van der Waals surface area (Å²) >= 11 is 0. The number of alkyl halides is 6. The summed E-state index contributed by atoms with van der Waals surface area (Å²) in [5.41, 5.74) is -0.0843. The van der Waals surface area contributed by atoms with Crippen molar-refractivity contribution in [3.05, 3.63) is 17.5 Å². The summed E-state index contributed by atoms with van der Waals surface area (Å²) in [6, 6.07) is -2.05. The molecule has 1 aliphatic carbocycles. The number of anilines is 1. The second kappa shape index (κ2) is 8.80. The van der Waals surface area contributed by atoms with Crippen molar-refractivity contribution in [2.24, 2.45) is 5.92 Å². The lowest BCUT2D eigenvalue weighted by molar-refractivity contribution is -0.171. The van der Waals surface area contributed by atoms with Crippen LogP contribution in [0.1, 0.15) is 51.2 Å². The summed E-state index contributed by atoms with van der Waals surface area (Å²) in [5, 5.41) is 11.7. The first kappa shape index (κ1) is 23.3. The molecule has 0 saturated carbocycles. The fraction of sp³-hybridized carbons (Fsp3) is 0.706. The van der Waals surface area contributed by atoms with Crippen LogP contribution in [0.5, 0.6) is 0 Å². The minimum absolute atomic E-state index is 0.0843. The van der Waals surface area contributed by atoms with Gasteiger partial charge in [0.25, 0.3) is 0 Å². The van der Waals surface area contributed by atoms with E-state index in [4.69, 9.17) is 0 Å². The molecule has 0 spiro atoms. The average molecular weight is 430 g/mol. The van der Waals surface area contributed by atoms with Crippen LogP contribution in [-0.4, -0.2) is 44.6 Å². The number of nitrogens with one attached hydrogen (secondary N) is 1. The molecule has 2 N–H and O–H groups in total. The van der Waals surface area contributed by atoms with E-state index in [1.807, 2.05) is 5.32 Å². The standard InChI is InChI=1S/C17H21F7N4O/c1-8(16(19,20)21)6-7-12-26-14(10-4-3-5-11(29)13(10)18)28-15(27-12)25-9(2)17(22,23)24/h8-9,11,29H,3-7H2,1-2H3,(H,25,26,27,28)/t8-,9+,11?/m0/s1. The minimum atomic E-state index is -4.62. The predicted molar refractivity (Wildman–Crippen MR) is 90.4 cm³/mol. The Balaban J connectivity index is 2.37. The van der Waals surface area contributed by atoms with E-state index in [0.29, 0.717) is 6.42 Å². The molecule has 0 saturated heterocycles. The van der Waals surface area contributed by atoms with Gasteiger partial charge in [-0.25, -0.2) is 9.37 Å². The number of aliphatic hydroxyl groups excluding tert-OH is 1. The maximum Gasteiger partial charge on any atom is 0.408 e. The summed E-state index contributed by atoms with van der Waals surface area (Å²) < 4.78 is 90.9. The molecule has 2 rings (SSSR count). The van der Waals surface area contributed by atoms with Crippen LogP contribution in [0.15, 0.2) is 5.83 Å². The molecule has 0 aromatic carbocycles. The van der Waals surface area contributed by atoms with E-state index in [0.717, 1.165) is 13.8 Å². The quantitative estimate of drug-likeness (QED) is 0.646. The highest BCUT2D eigenvalue weighted by atomic mass is 19.4. The van der Waals surface area contributed by atoms with E-state index in [2.05, 4.69) is 15.0 Å². The van der Waals surface area contributed by atoms with Crippen molar-refractivity contribution < 1.29 is 35.8 Å². The van der Waals surface area contributed by atoms with Gasteiger partial charge in [0.2, 0.25) is 5.95 Å². The maximum absolute atomic E-state index is 14.3. The summed E-state index contributed by atoms with van der Waals surface area (Å²) in [7, 11) is 0. The van der Waals surface area contributed by atoms with Crippen LogP contribution in [0.4, 0.5) is 36.7 Å². The Kier molecular flexibility index (Phi) is 7.07. The molecule has 3 atom stereocenters. The van der Waals surface area contributed by atoms with Crippen molar-refractivity contribution in [1.82, 2.24) is 15.0 Å². The van der Waals surface area contributed by atoms with Gasteiger partial charge in [0, 0.05) is 12.0 Å². The molecule has 164 valence electrons. The van der Waals surface area contributed by atoms with Crippen LogP contribution in [0, 0.1) is 5.92 Å². The van der Waals surface area contributed by atoms with E-state index >= 15 is 0 Å². The maximum atomic E-state index is 14.3. The number of hydrogen-bond donors (Lipinski definition) is 2. The number of aryl methyl sites for hydroxylation is 1. The Morgan fingerprint density at radius 3 is 2.31 bits per heavy atom. The van der Waals surface area contributed by atoms with Crippen LogP contribution >= 0.6 is 0 Å². The Morgan fingerprint density at radius 1 is 1.07 bits per heavy atom. The van der Waals surface area contributed by atoms with Gasteiger partial charge in [0.1, 0.15) is 23.8 Å². The zero-order valence-electron chi connectivity index (χ0n) is 15.7. The molecule has 0 fully saturated rings. The van der Waals surface area contributed by atoms with Crippen LogP contribution in [0.2, 0.25) is 0 Å². The van der Waals surface area contributed by atoms with Gasteiger partial charge in [-0.3, -0.25) is 0 Å². The first-order valence-corrected chi connectivity index (χ1v) is 9.01. The zero-order chi connectivity index (χ0) is 22.0. The van der Waals surface area contributed by atoms with Crippen molar-refractivity contribution in [2.75, 3.05) is 5.32 Å². The predicted octanol–water partition coefficient (Wildman–Crippen LogP) is 4.59. The molecule has 0 radical (unpaired) electrons. The highest BCUT2D eigenvalue weighted by molar-refractivity contribution is 5.64. The molecule has 1 heterocycles. The highest BCUT2D eigenvalue weighted by Crippen LogP contribution is 2.33. The topological polar surface area (TPSA) is 70.9 Å². The highest BCUT2D eigenvalue weighted by Gasteiger charge is 2.37. The van der Waals surface area contributed by atoms with Crippen molar-refractivity contribution in [3.8, 4) is 0 Å². The van der Waals surface area contributed by atoms with E-state index in [9.17, 15) is 35.8 Å². The molecule has 0 bridgehead atoms. The molecule has 1 aromatic rings. The van der Waals surface area contributed by atoms with Gasteiger partial charge in [-0.15, -0.1) is 0 Å². The van der Waals surface area contributed by atoms with Crippen molar-refractivity contribution in [1.29, 1.82) is 0 Å². The molecule has 29 heavy (non-hydrogen) atoms. The summed E-state index contributed by atoms with van der Waals surface area (Å²) in [6.45, 7) is 1.78. The molecule has 1 aliphatic rings. The smallest absolute Gasteiger partial charge is 0.386 e. The van der Waals surface area contributed by atoms with Crippen LogP contribution in [0.3, 0.4) is 0 Å². The third-order valence-electron chi connectivity index (χ3n) is 4.63. The first-order chi connectivity index (χ1) is 13.3. The van der Waals surface area contributed by atoms with E-state index in [-0.39, 0.29) is 36.5 Å². The summed E-state index contributed by atoms with van der Waals surface area (Å²) in [4.78, 5) is 11.5. The summed E-state index contributed by atoms with van der Waals surface area (Å²) in [6.07, 6.45) is -10.4. The van der Waals surface area contributed by atoms with Crippen molar-refractivity contribution in [2.45, 2.75) is 70.4 Å². The first-order valence-electron chi connectivity index (χ1n) is 9.01. The van der Waals surface area contributed by atoms with Gasteiger partial charge < -0.3 is 10.4 Å². The van der Waals surface area contributed by atoms with Crippen LogP contribution in [-0.2, 0) is 6.42 Å². The van der Waals surface area contributed by atoms with Gasteiger partial charge in [0.05, 0.1) is 5.92 Å². The Labute approximate surface area is 162 Å². The Morgan fingerprint density at radius 2 is 1.72 bits per heavy atom. The van der Waals surface area contributed by atoms with Gasteiger partial charge in [-0.1, -0.05) is 6.92 Å². The number of nitrogens with zero attached hydrogens (tertiary/aromatic N) is 3. The second-order valence-corrected chi connectivity index (χ2v) is 7.02. The fourth-order valence-corrected chi connectivity index (χ4v) is 2.65. The molecule has 0 amide bonds. The Bertz CT molecular complexity index is 748. The number of aliphatic hydroxyl groups is 1. The molecular formula is C17H21F7N4O. The van der Waals surface area contributed by atoms with Crippen LogP contribution in [0.25, 0.3) is 5.57 Å². The normalized spacial score (nSPS) is 20.6. The number of rotatable bonds is 6. The number of allylic oxidation sites excluding steroid dienone is 1. The van der Waals surface area contributed by atoms with Gasteiger partial charge in [0.15, 0.2) is 5.82 Å². The second-order valence-electron chi connectivity index (χ2n) is 7.02. The largest absolute Gasteiger partial charge is 0.408 e. The minimum Gasteiger partial charge on any atom is -0.386 e. The van der Waals surface area contributed by atoms with Gasteiger partial charge in [-0.05, 0) is 32.6 Å². The molecule has 0 aliphatic heterocycles. The Hall–Kier alpha value is -1.98. The molecule has 5 nitrogen and oxygen atoms in total. The molecular weight excluding hydrogens is 409 g/mol. The van der Waals surface area contributed by atoms with Crippen LogP contribution < -0.4 is 5.32 Å². The zero-order valence-corrected chi connectivity index (χ0v) is 15.7. The number of halogens is 7. The lowest BCUT2D eigenvalue weighted by Gasteiger charge is -2.21. The van der Waals surface area contributed by atoms with Gasteiger partial charge >= 0.3 is 12.4 Å². The monoisotopic (exact) mass is 430 g/mol. The third kappa shape index (κ3) is 6.25. The van der Waals surface area contributed by atoms with Crippen molar-refractivity contribution >= 4 is 11.5 Å². The number of hydrogen-bond acceptors (Lipinski definition) is 5. The summed E-state index contributed by atoms with van der Waals surface area (Å²) in [5.74, 6) is -3.58. The van der Waals surface area contributed by atoms with Gasteiger partial charge in [-0.2, -0.15) is 36.3 Å². The van der Waals surface area contributed by atoms with Crippen molar-refractivity contribution in [3.63, 3.8) is 0 Å².